The fourth-order valence-corrected chi connectivity index (χ4v) is 3.70. The highest BCUT2D eigenvalue weighted by atomic mass is 79.9. The quantitative estimate of drug-likeness (QED) is 0.738. The number of nitrogens with zero attached hydrogens (tertiary/aromatic N) is 1. The number of carbonyl (C=O) groups excluding carboxylic acids is 1. The van der Waals surface area contributed by atoms with E-state index < -0.39 is 5.82 Å². The molecule has 6 heteroatoms. The lowest BCUT2D eigenvalue weighted by Gasteiger charge is -2.32. The molecule has 2 aromatic rings. The van der Waals surface area contributed by atoms with E-state index in [0.29, 0.717) is 16.9 Å². The van der Waals surface area contributed by atoms with Crippen LogP contribution in [0.5, 0.6) is 5.75 Å². The number of hydrogen-bond acceptors (Lipinski definition) is 3. The molecule has 0 unspecified atom stereocenters. The molecule has 1 heterocycles. The van der Waals surface area contributed by atoms with Gasteiger partial charge in [0.1, 0.15) is 11.6 Å². The molecule has 0 aromatic heterocycles. The molecule has 4 nitrogen and oxygen atoms in total. The van der Waals surface area contributed by atoms with Crippen LogP contribution in [0, 0.1) is 11.7 Å². The van der Waals surface area contributed by atoms with Crippen molar-refractivity contribution in [2.75, 3.05) is 26.7 Å². The van der Waals surface area contributed by atoms with E-state index in [1.54, 1.807) is 13.2 Å². The van der Waals surface area contributed by atoms with Crippen LogP contribution in [0.2, 0.25) is 0 Å². The number of nitrogens with one attached hydrogen (secondary N) is 1. The number of benzene rings is 2. The number of rotatable bonds is 6. The van der Waals surface area contributed by atoms with Gasteiger partial charge in [0.05, 0.1) is 12.7 Å². The maximum absolute atomic E-state index is 13.8. The van der Waals surface area contributed by atoms with E-state index in [0.717, 1.165) is 38.2 Å². The second kappa shape index (κ2) is 9.33. The Morgan fingerprint density at radius 2 is 1.93 bits per heavy atom. The standard InChI is InChI=1S/C21H24BrFN2O2/c1-27-18-5-2-16(3-6-18)14-25-10-8-15(9-11-25)13-24-21(26)19-12-17(22)4-7-20(19)23/h2-7,12,15H,8-11,13-14H2,1H3,(H,24,26). The Labute approximate surface area is 167 Å². The molecule has 0 atom stereocenters. The number of amides is 1. The normalized spacial score (nSPS) is 15.5. The number of ether oxygens (including phenoxy) is 1. The third-order valence-electron chi connectivity index (χ3n) is 5.00. The van der Waals surface area contributed by atoms with Crippen molar-refractivity contribution in [3.05, 3.63) is 63.9 Å². The van der Waals surface area contributed by atoms with Crippen molar-refractivity contribution in [3.8, 4) is 5.75 Å². The van der Waals surface area contributed by atoms with Crippen LogP contribution < -0.4 is 10.1 Å². The maximum Gasteiger partial charge on any atom is 0.254 e. The molecule has 1 amide bonds. The van der Waals surface area contributed by atoms with E-state index in [1.807, 2.05) is 12.1 Å². The third kappa shape index (κ3) is 5.53. The number of halogens is 2. The van der Waals surface area contributed by atoms with Gasteiger partial charge in [-0.25, -0.2) is 4.39 Å². The predicted octanol–water partition coefficient (Wildman–Crippen LogP) is 4.24. The Balaban J connectivity index is 1.44. The molecule has 0 bridgehead atoms. The summed E-state index contributed by atoms with van der Waals surface area (Å²) in [6, 6.07) is 12.6. The van der Waals surface area contributed by atoms with Crippen LogP contribution >= 0.6 is 15.9 Å². The second-order valence-corrected chi connectivity index (χ2v) is 7.82. The lowest BCUT2D eigenvalue weighted by molar-refractivity contribution is 0.0931. The van der Waals surface area contributed by atoms with E-state index >= 15 is 0 Å². The van der Waals surface area contributed by atoms with Crippen molar-refractivity contribution >= 4 is 21.8 Å². The molecular weight excluding hydrogens is 411 g/mol. The zero-order valence-corrected chi connectivity index (χ0v) is 17.0. The van der Waals surface area contributed by atoms with Crippen LogP contribution in [-0.4, -0.2) is 37.6 Å². The first-order chi connectivity index (χ1) is 13.0. The summed E-state index contributed by atoms with van der Waals surface area (Å²) in [6.07, 6.45) is 2.05. The fourth-order valence-electron chi connectivity index (χ4n) is 3.34. The molecule has 1 fully saturated rings. The lowest BCUT2D eigenvalue weighted by atomic mass is 9.96. The van der Waals surface area contributed by atoms with Crippen molar-refractivity contribution < 1.29 is 13.9 Å². The minimum Gasteiger partial charge on any atom is -0.497 e. The summed E-state index contributed by atoms with van der Waals surface area (Å²) in [5.41, 5.74) is 1.36. The minimum absolute atomic E-state index is 0.0846. The van der Waals surface area contributed by atoms with E-state index in [2.05, 4.69) is 38.3 Å². The summed E-state index contributed by atoms with van der Waals surface area (Å²) >= 11 is 3.27. The van der Waals surface area contributed by atoms with Crippen molar-refractivity contribution in [1.82, 2.24) is 10.2 Å². The number of piperidine rings is 1. The lowest BCUT2D eigenvalue weighted by Crippen LogP contribution is -2.38. The summed E-state index contributed by atoms with van der Waals surface area (Å²) in [5.74, 6) is 0.450. The third-order valence-corrected chi connectivity index (χ3v) is 5.49. The van der Waals surface area contributed by atoms with Gasteiger partial charge in [-0.1, -0.05) is 28.1 Å². The molecule has 0 saturated carbocycles. The maximum atomic E-state index is 13.8. The summed E-state index contributed by atoms with van der Waals surface area (Å²) < 4.78 is 19.7. The molecule has 1 aliphatic heterocycles. The van der Waals surface area contributed by atoms with E-state index in [4.69, 9.17) is 4.74 Å². The minimum atomic E-state index is -0.495. The Morgan fingerprint density at radius 1 is 1.22 bits per heavy atom. The number of carbonyl (C=O) groups is 1. The molecule has 1 N–H and O–H groups in total. The Bertz CT molecular complexity index is 774. The zero-order valence-electron chi connectivity index (χ0n) is 15.4. The molecule has 27 heavy (non-hydrogen) atoms. The van der Waals surface area contributed by atoms with E-state index in [-0.39, 0.29) is 11.5 Å². The summed E-state index contributed by atoms with van der Waals surface area (Å²) in [6.45, 7) is 3.50. The molecule has 0 spiro atoms. The Hall–Kier alpha value is -1.92. The molecule has 2 aromatic carbocycles. The first-order valence-corrected chi connectivity index (χ1v) is 9.93. The van der Waals surface area contributed by atoms with Gasteiger partial charge in [-0.3, -0.25) is 9.69 Å². The first-order valence-electron chi connectivity index (χ1n) is 9.13. The fraction of sp³-hybridized carbons (Fsp3) is 0.381. The van der Waals surface area contributed by atoms with Crippen LogP contribution in [0.25, 0.3) is 0 Å². The smallest absolute Gasteiger partial charge is 0.254 e. The molecule has 0 aliphatic carbocycles. The summed E-state index contributed by atoms with van der Waals surface area (Å²) in [4.78, 5) is 14.7. The highest BCUT2D eigenvalue weighted by molar-refractivity contribution is 9.10. The van der Waals surface area contributed by atoms with E-state index in [9.17, 15) is 9.18 Å². The largest absolute Gasteiger partial charge is 0.497 e. The average Bonchev–Trinajstić information content (AvgIpc) is 2.69. The first kappa shape index (κ1) is 19.8. The van der Waals surface area contributed by atoms with Gasteiger partial charge in [0, 0.05) is 17.6 Å². The van der Waals surface area contributed by atoms with Crippen LogP contribution in [-0.2, 0) is 6.54 Å². The topological polar surface area (TPSA) is 41.6 Å². The zero-order chi connectivity index (χ0) is 19.2. The predicted molar refractivity (Wildman–Crippen MR) is 107 cm³/mol. The van der Waals surface area contributed by atoms with Crippen LogP contribution in [0.1, 0.15) is 28.8 Å². The van der Waals surface area contributed by atoms with Crippen LogP contribution in [0.15, 0.2) is 46.9 Å². The summed E-state index contributed by atoms with van der Waals surface area (Å²) in [5, 5.41) is 2.88. The number of methoxy groups -OCH3 is 1. The summed E-state index contributed by atoms with van der Waals surface area (Å²) in [7, 11) is 1.67. The highest BCUT2D eigenvalue weighted by Gasteiger charge is 2.21. The van der Waals surface area contributed by atoms with Gasteiger partial charge in [-0.2, -0.15) is 0 Å². The van der Waals surface area contributed by atoms with Crippen molar-refractivity contribution in [2.45, 2.75) is 19.4 Å². The number of likely N-dealkylation sites (tertiary alicyclic amines) is 1. The Kier molecular flexibility index (Phi) is 6.85. The van der Waals surface area contributed by atoms with Gasteiger partial charge in [0.2, 0.25) is 0 Å². The molecular formula is C21H24BrFN2O2. The van der Waals surface area contributed by atoms with Crippen molar-refractivity contribution in [3.63, 3.8) is 0 Å². The average molecular weight is 435 g/mol. The van der Waals surface area contributed by atoms with Gasteiger partial charge < -0.3 is 10.1 Å². The van der Waals surface area contributed by atoms with Gasteiger partial charge in [-0.05, 0) is 67.7 Å². The van der Waals surface area contributed by atoms with Crippen LogP contribution in [0.4, 0.5) is 4.39 Å². The number of hydrogen-bond donors (Lipinski definition) is 1. The van der Waals surface area contributed by atoms with Gasteiger partial charge in [0.25, 0.3) is 5.91 Å². The molecule has 1 aliphatic rings. The Morgan fingerprint density at radius 3 is 2.59 bits per heavy atom. The van der Waals surface area contributed by atoms with Gasteiger partial charge in [0.15, 0.2) is 0 Å². The highest BCUT2D eigenvalue weighted by Crippen LogP contribution is 2.20. The molecule has 3 rings (SSSR count). The molecule has 1 saturated heterocycles. The van der Waals surface area contributed by atoms with E-state index in [1.165, 1.54) is 17.7 Å². The monoisotopic (exact) mass is 434 g/mol. The van der Waals surface area contributed by atoms with Crippen LogP contribution in [0.3, 0.4) is 0 Å². The van der Waals surface area contributed by atoms with Crippen molar-refractivity contribution in [1.29, 1.82) is 0 Å². The molecule has 0 radical (unpaired) electrons. The second-order valence-electron chi connectivity index (χ2n) is 6.90. The SMILES string of the molecule is COc1ccc(CN2CCC(CNC(=O)c3cc(Br)ccc3F)CC2)cc1. The van der Waals surface area contributed by atoms with Gasteiger partial charge >= 0.3 is 0 Å². The van der Waals surface area contributed by atoms with Gasteiger partial charge in [-0.15, -0.1) is 0 Å². The molecule has 144 valence electrons. The van der Waals surface area contributed by atoms with Crippen molar-refractivity contribution in [2.24, 2.45) is 5.92 Å².